The Morgan fingerprint density at radius 2 is 2.15 bits per heavy atom. The Balaban J connectivity index is 1.67. The minimum atomic E-state index is -3.63. The molecule has 3 heterocycles. The van der Waals surface area contributed by atoms with E-state index in [-0.39, 0.29) is 25.3 Å². The minimum absolute atomic E-state index is 0.0550. The van der Waals surface area contributed by atoms with Crippen molar-refractivity contribution in [1.29, 1.82) is 0 Å². The summed E-state index contributed by atoms with van der Waals surface area (Å²) in [6, 6.07) is 3.87. The van der Waals surface area contributed by atoms with Gasteiger partial charge in [-0.15, -0.1) is 11.3 Å². The number of piperazine rings is 1. The number of hydrogen-bond acceptors (Lipinski definition) is 6. The van der Waals surface area contributed by atoms with Crippen LogP contribution >= 0.6 is 11.3 Å². The van der Waals surface area contributed by atoms with Gasteiger partial charge in [0.15, 0.2) is 0 Å². The fraction of sp³-hybridized carbons (Fsp3) is 0.706. The lowest BCUT2D eigenvalue weighted by Crippen LogP contribution is -2.54. The molecule has 8 nitrogen and oxygen atoms in total. The van der Waals surface area contributed by atoms with Gasteiger partial charge in [-0.2, -0.15) is 17.0 Å². The predicted molar refractivity (Wildman–Crippen MR) is 103 cm³/mol. The lowest BCUT2D eigenvalue weighted by molar-refractivity contribution is 0.0850. The second-order valence-corrected chi connectivity index (χ2v) is 9.56. The quantitative estimate of drug-likeness (QED) is 0.675. The first-order chi connectivity index (χ1) is 13.0. The molecule has 0 aliphatic carbocycles. The van der Waals surface area contributed by atoms with Crippen molar-refractivity contribution in [2.75, 3.05) is 45.9 Å². The average molecular weight is 418 g/mol. The van der Waals surface area contributed by atoms with E-state index in [9.17, 15) is 13.2 Å². The Morgan fingerprint density at radius 3 is 2.74 bits per heavy atom. The molecule has 3 rings (SSSR count). The molecular formula is C17H27N3O5S2. The van der Waals surface area contributed by atoms with Gasteiger partial charge in [0.05, 0.1) is 12.7 Å². The van der Waals surface area contributed by atoms with E-state index in [1.165, 1.54) is 8.61 Å². The molecule has 2 aliphatic heterocycles. The van der Waals surface area contributed by atoms with E-state index in [4.69, 9.17) is 9.47 Å². The molecule has 1 atom stereocenters. The number of carbonyl (C=O) groups is 1. The third kappa shape index (κ3) is 5.20. The van der Waals surface area contributed by atoms with Crippen LogP contribution in [0.3, 0.4) is 0 Å². The Kier molecular flexibility index (Phi) is 7.10. The van der Waals surface area contributed by atoms with Gasteiger partial charge in [-0.05, 0) is 31.2 Å². The summed E-state index contributed by atoms with van der Waals surface area (Å²) in [4.78, 5) is 14.4. The molecule has 1 unspecified atom stereocenters. The van der Waals surface area contributed by atoms with E-state index in [1.54, 1.807) is 23.2 Å². The minimum Gasteiger partial charge on any atom is -0.450 e. The first kappa shape index (κ1) is 20.5. The van der Waals surface area contributed by atoms with Gasteiger partial charge >= 0.3 is 6.09 Å². The maximum absolute atomic E-state index is 13.3. The Hall–Kier alpha value is -1.20. The maximum Gasteiger partial charge on any atom is 0.409 e. The molecule has 0 N–H and O–H groups in total. The van der Waals surface area contributed by atoms with Crippen molar-refractivity contribution in [3.8, 4) is 0 Å². The SMILES string of the molecule is CCOC(=O)N1CCN(S(=O)(=O)N(Cc2cccs2)CC2CCCO2)CC1. The third-order valence-electron chi connectivity index (χ3n) is 4.76. The number of thiophene rings is 1. The maximum atomic E-state index is 13.3. The van der Waals surface area contributed by atoms with E-state index < -0.39 is 10.2 Å². The average Bonchev–Trinajstić information content (AvgIpc) is 3.35. The number of rotatable bonds is 7. The van der Waals surface area contributed by atoms with Crippen LogP contribution in [0.4, 0.5) is 4.79 Å². The predicted octanol–water partition coefficient (Wildman–Crippen LogP) is 1.75. The van der Waals surface area contributed by atoms with Gasteiger partial charge in [0, 0.05) is 50.8 Å². The van der Waals surface area contributed by atoms with Crippen molar-refractivity contribution in [3.63, 3.8) is 0 Å². The van der Waals surface area contributed by atoms with Crippen LogP contribution in [0.2, 0.25) is 0 Å². The highest BCUT2D eigenvalue weighted by Crippen LogP contribution is 2.22. The van der Waals surface area contributed by atoms with Crippen LogP contribution in [0.5, 0.6) is 0 Å². The molecule has 1 aromatic heterocycles. The zero-order valence-electron chi connectivity index (χ0n) is 15.6. The Bertz CT molecular complexity index is 696. The fourth-order valence-electron chi connectivity index (χ4n) is 3.31. The number of amides is 1. The molecule has 0 radical (unpaired) electrons. The van der Waals surface area contributed by atoms with Gasteiger partial charge < -0.3 is 14.4 Å². The molecule has 0 spiro atoms. The van der Waals surface area contributed by atoms with Crippen molar-refractivity contribution >= 4 is 27.6 Å². The smallest absolute Gasteiger partial charge is 0.409 e. The summed E-state index contributed by atoms with van der Waals surface area (Å²) in [5, 5.41) is 1.95. The molecule has 0 aromatic carbocycles. The molecule has 2 aliphatic rings. The number of nitrogens with zero attached hydrogens (tertiary/aromatic N) is 3. The molecule has 27 heavy (non-hydrogen) atoms. The second kappa shape index (κ2) is 9.33. The van der Waals surface area contributed by atoms with E-state index in [0.717, 1.165) is 17.7 Å². The van der Waals surface area contributed by atoms with Crippen LogP contribution < -0.4 is 0 Å². The third-order valence-corrected chi connectivity index (χ3v) is 7.57. The Labute approximate surface area is 164 Å². The summed E-state index contributed by atoms with van der Waals surface area (Å²) in [5.41, 5.74) is 0. The first-order valence-corrected chi connectivity index (χ1v) is 11.6. The highest BCUT2D eigenvalue weighted by atomic mass is 32.2. The van der Waals surface area contributed by atoms with Gasteiger partial charge in [-0.25, -0.2) is 4.79 Å². The first-order valence-electron chi connectivity index (χ1n) is 9.31. The fourth-order valence-corrected chi connectivity index (χ4v) is 5.72. The normalized spacial score (nSPS) is 21.7. The van der Waals surface area contributed by atoms with Gasteiger partial charge in [-0.1, -0.05) is 6.07 Å². The monoisotopic (exact) mass is 417 g/mol. The molecule has 152 valence electrons. The summed E-state index contributed by atoms with van der Waals surface area (Å²) in [5.74, 6) is 0. The van der Waals surface area contributed by atoms with E-state index in [1.807, 2.05) is 17.5 Å². The molecular weight excluding hydrogens is 390 g/mol. The van der Waals surface area contributed by atoms with Gasteiger partial charge in [0.25, 0.3) is 10.2 Å². The van der Waals surface area contributed by atoms with E-state index >= 15 is 0 Å². The van der Waals surface area contributed by atoms with Crippen LogP contribution in [-0.2, 0) is 26.2 Å². The van der Waals surface area contributed by atoms with Crippen LogP contribution in [0.15, 0.2) is 17.5 Å². The van der Waals surface area contributed by atoms with Crippen LogP contribution in [-0.4, -0.2) is 80.1 Å². The van der Waals surface area contributed by atoms with Crippen molar-refractivity contribution in [2.24, 2.45) is 0 Å². The van der Waals surface area contributed by atoms with Gasteiger partial charge in [0.2, 0.25) is 0 Å². The molecule has 1 aromatic rings. The number of hydrogen-bond donors (Lipinski definition) is 0. The second-order valence-electron chi connectivity index (χ2n) is 6.60. The summed E-state index contributed by atoms with van der Waals surface area (Å²) < 4.78 is 40.2. The van der Waals surface area contributed by atoms with E-state index in [2.05, 4.69) is 0 Å². The summed E-state index contributed by atoms with van der Waals surface area (Å²) >= 11 is 1.55. The van der Waals surface area contributed by atoms with Crippen LogP contribution in [0.1, 0.15) is 24.6 Å². The molecule has 2 saturated heterocycles. The topological polar surface area (TPSA) is 79.4 Å². The largest absolute Gasteiger partial charge is 0.450 e. The van der Waals surface area contributed by atoms with Gasteiger partial charge in [0.1, 0.15) is 0 Å². The summed E-state index contributed by atoms with van der Waals surface area (Å²) in [7, 11) is -3.63. The molecule has 2 fully saturated rings. The number of carbonyl (C=O) groups excluding carboxylic acids is 1. The zero-order chi connectivity index (χ0) is 19.3. The van der Waals surface area contributed by atoms with Crippen LogP contribution in [0.25, 0.3) is 0 Å². The van der Waals surface area contributed by atoms with Crippen molar-refractivity contribution < 1.29 is 22.7 Å². The van der Waals surface area contributed by atoms with Crippen molar-refractivity contribution in [3.05, 3.63) is 22.4 Å². The molecule has 10 heteroatoms. The number of ether oxygens (including phenoxy) is 2. The van der Waals surface area contributed by atoms with Crippen molar-refractivity contribution in [2.45, 2.75) is 32.4 Å². The standard InChI is InChI=1S/C17H27N3O5S2/c1-2-24-17(21)18-7-9-19(10-8-18)27(22,23)20(13-15-5-3-11-25-15)14-16-6-4-12-26-16/h4,6,12,15H,2-3,5,7-11,13-14H2,1H3. The lowest BCUT2D eigenvalue weighted by Gasteiger charge is -2.36. The zero-order valence-corrected chi connectivity index (χ0v) is 17.2. The van der Waals surface area contributed by atoms with Crippen LogP contribution in [0, 0.1) is 0 Å². The van der Waals surface area contributed by atoms with Crippen molar-refractivity contribution in [1.82, 2.24) is 13.5 Å². The Morgan fingerprint density at radius 1 is 1.37 bits per heavy atom. The molecule has 0 bridgehead atoms. The summed E-state index contributed by atoms with van der Waals surface area (Å²) in [6.45, 7) is 4.68. The van der Waals surface area contributed by atoms with E-state index in [0.29, 0.717) is 39.4 Å². The summed E-state index contributed by atoms with van der Waals surface area (Å²) in [6.07, 6.45) is 1.41. The molecule has 0 saturated carbocycles. The molecule has 1 amide bonds. The lowest BCUT2D eigenvalue weighted by atomic mass is 10.2. The highest BCUT2D eigenvalue weighted by Gasteiger charge is 2.35. The highest BCUT2D eigenvalue weighted by molar-refractivity contribution is 7.86. The van der Waals surface area contributed by atoms with Gasteiger partial charge in [-0.3, -0.25) is 0 Å².